The van der Waals surface area contributed by atoms with E-state index in [1.165, 1.54) is 19.2 Å². The molecule has 0 aliphatic carbocycles. The Labute approximate surface area is 111 Å². The Bertz CT molecular complexity index is 638. The first-order valence-corrected chi connectivity index (χ1v) is 5.84. The molecule has 2 aromatic rings. The fourth-order valence-electron chi connectivity index (χ4n) is 1.89. The van der Waals surface area contributed by atoms with E-state index in [-0.39, 0.29) is 11.3 Å². The molecular weight excluding hydrogens is 245 g/mol. The Morgan fingerprint density at radius 3 is 2.58 bits per heavy atom. The van der Waals surface area contributed by atoms with Crippen LogP contribution in [-0.4, -0.2) is 17.9 Å². The van der Waals surface area contributed by atoms with E-state index in [1.54, 1.807) is 19.2 Å². The molecule has 0 saturated heterocycles. The summed E-state index contributed by atoms with van der Waals surface area (Å²) in [6.45, 7) is 3.68. The average Bonchev–Trinajstić information content (AvgIpc) is 2.37. The van der Waals surface area contributed by atoms with E-state index in [0.717, 1.165) is 11.1 Å². The van der Waals surface area contributed by atoms with E-state index in [4.69, 9.17) is 4.74 Å². The van der Waals surface area contributed by atoms with E-state index >= 15 is 0 Å². The summed E-state index contributed by atoms with van der Waals surface area (Å²) in [5.74, 6) is -0.647. The molecule has 0 unspecified atom stereocenters. The summed E-state index contributed by atoms with van der Waals surface area (Å²) in [6.07, 6.45) is 1.60. The minimum absolute atomic E-state index is 0.000234. The van der Waals surface area contributed by atoms with E-state index < -0.39 is 11.6 Å². The number of halogens is 1. The summed E-state index contributed by atoms with van der Waals surface area (Å²) in [5.41, 5.74) is 1.97. The van der Waals surface area contributed by atoms with Gasteiger partial charge in [0.15, 0.2) is 0 Å². The fraction of sp³-hybridized carbons (Fsp3) is 0.200. The lowest BCUT2D eigenvalue weighted by atomic mass is 10.0. The number of ether oxygens (including phenoxy) is 1. The lowest BCUT2D eigenvalue weighted by Crippen LogP contribution is -2.09. The number of hydrogen-bond donors (Lipinski definition) is 0. The highest BCUT2D eigenvalue weighted by Crippen LogP contribution is 2.20. The van der Waals surface area contributed by atoms with Crippen LogP contribution in [0.1, 0.15) is 27.2 Å². The van der Waals surface area contributed by atoms with Crippen LogP contribution in [0, 0.1) is 19.7 Å². The number of hydrogen-bond acceptors (Lipinski definition) is 3. The van der Waals surface area contributed by atoms with Crippen molar-refractivity contribution in [3.05, 3.63) is 58.7 Å². The van der Waals surface area contributed by atoms with Gasteiger partial charge in [-0.05, 0) is 37.1 Å². The number of benzene rings is 1. The van der Waals surface area contributed by atoms with Crippen molar-refractivity contribution in [3.8, 4) is 5.75 Å². The number of carbonyl (C=O) groups excluding carboxylic acids is 1. The number of pyridine rings is 1. The van der Waals surface area contributed by atoms with Gasteiger partial charge in [0.05, 0.1) is 12.7 Å². The van der Waals surface area contributed by atoms with Crippen molar-refractivity contribution in [2.45, 2.75) is 13.8 Å². The molecule has 0 aliphatic rings. The third kappa shape index (κ3) is 2.62. The Kier molecular flexibility index (Phi) is 3.60. The smallest absolute Gasteiger partial charge is 0.214 e. The van der Waals surface area contributed by atoms with Crippen LogP contribution in [0.2, 0.25) is 0 Å². The summed E-state index contributed by atoms with van der Waals surface area (Å²) in [6, 6.07) is 6.01. The van der Waals surface area contributed by atoms with E-state index in [9.17, 15) is 9.18 Å². The number of carbonyl (C=O) groups is 1. The van der Waals surface area contributed by atoms with Gasteiger partial charge in [-0.25, -0.2) is 4.39 Å². The van der Waals surface area contributed by atoms with Gasteiger partial charge in [-0.2, -0.15) is 0 Å². The van der Waals surface area contributed by atoms with Gasteiger partial charge in [-0.1, -0.05) is 6.07 Å². The van der Waals surface area contributed by atoms with Crippen molar-refractivity contribution in [1.82, 2.24) is 4.98 Å². The molecule has 0 N–H and O–H groups in total. The molecule has 0 radical (unpaired) electrons. The van der Waals surface area contributed by atoms with Crippen LogP contribution < -0.4 is 4.74 Å². The lowest BCUT2D eigenvalue weighted by Gasteiger charge is -2.07. The predicted molar refractivity (Wildman–Crippen MR) is 70.1 cm³/mol. The van der Waals surface area contributed by atoms with Crippen LogP contribution in [0.4, 0.5) is 4.39 Å². The number of aromatic nitrogens is 1. The number of methoxy groups -OCH3 is 1. The Balaban J connectivity index is 2.44. The van der Waals surface area contributed by atoms with E-state index in [0.29, 0.717) is 5.75 Å². The summed E-state index contributed by atoms with van der Waals surface area (Å²) in [7, 11) is 1.45. The van der Waals surface area contributed by atoms with Gasteiger partial charge in [0, 0.05) is 12.3 Å². The molecule has 3 nitrogen and oxygen atoms in total. The van der Waals surface area contributed by atoms with E-state index in [1.807, 2.05) is 13.0 Å². The molecule has 4 heteroatoms. The zero-order valence-corrected chi connectivity index (χ0v) is 11.0. The number of nitrogens with zero attached hydrogens (tertiary/aromatic N) is 1. The Morgan fingerprint density at radius 1 is 1.26 bits per heavy atom. The number of rotatable bonds is 3. The molecule has 0 fully saturated rings. The lowest BCUT2D eigenvalue weighted by molar-refractivity contribution is 0.103. The molecule has 2 rings (SSSR count). The minimum Gasteiger partial charge on any atom is -0.497 e. The van der Waals surface area contributed by atoms with Crippen LogP contribution >= 0.6 is 0 Å². The van der Waals surface area contributed by atoms with Gasteiger partial charge >= 0.3 is 0 Å². The quantitative estimate of drug-likeness (QED) is 0.795. The highest BCUT2D eigenvalue weighted by Gasteiger charge is 2.17. The normalized spacial score (nSPS) is 10.3. The molecule has 0 amide bonds. The summed E-state index contributed by atoms with van der Waals surface area (Å²) < 4.78 is 18.8. The van der Waals surface area contributed by atoms with Crippen molar-refractivity contribution in [1.29, 1.82) is 0 Å². The molecule has 0 saturated carbocycles. The molecule has 1 aromatic heterocycles. The zero-order valence-electron chi connectivity index (χ0n) is 11.0. The molecule has 1 heterocycles. The van der Waals surface area contributed by atoms with Crippen LogP contribution in [0.15, 0.2) is 30.5 Å². The van der Waals surface area contributed by atoms with Crippen molar-refractivity contribution in [2.75, 3.05) is 7.11 Å². The van der Waals surface area contributed by atoms with Crippen LogP contribution in [0.25, 0.3) is 0 Å². The third-order valence-corrected chi connectivity index (χ3v) is 2.85. The Morgan fingerprint density at radius 2 is 2.00 bits per heavy atom. The molecule has 0 atom stereocenters. The minimum atomic E-state index is -0.605. The molecular formula is C15H14FNO2. The molecule has 98 valence electrons. The maximum Gasteiger partial charge on any atom is 0.214 e. The molecule has 0 spiro atoms. The maximum absolute atomic E-state index is 13.9. The Hall–Kier alpha value is -2.23. The van der Waals surface area contributed by atoms with Crippen LogP contribution in [0.5, 0.6) is 5.75 Å². The molecule has 0 aliphatic heterocycles. The standard InChI is InChI=1S/C15H14FNO2/c1-9-6-10(2)14(17-8-9)15(18)12-5-4-11(19-3)7-13(12)16/h4-8H,1-3H3. The first-order valence-electron chi connectivity index (χ1n) is 5.84. The van der Waals surface area contributed by atoms with Crippen molar-refractivity contribution in [3.63, 3.8) is 0 Å². The number of aryl methyl sites for hydroxylation is 2. The van der Waals surface area contributed by atoms with Crippen LogP contribution in [-0.2, 0) is 0 Å². The maximum atomic E-state index is 13.9. The van der Waals surface area contributed by atoms with Crippen molar-refractivity contribution >= 4 is 5.78 Å². The van der Waals surface area contributed by atoms with Crippen molar-refractivity contribution < 1.29 is 13.9 Å². The highest BCUT2D eigenvalue weighted by atomic mass is 19.1. The second-order valence-corrected chi connectivity index (χ2v) is 4.35. The monoisotopic (exact) mass is 259 g/mol. The summed E-state index contributed by atoms with van der Waals surface area (Å²) >= 11 is 0. The van der Waals surface area contributed by atoms with Gasteiger partial charge in [-0.15, -0.1) is 0 Å². The van der Waals surface area contributed by atoms with Crippen molar-refractivity contribution in [2.24, 2.45) is 0 Å². The van der Waals surface area contributed by atoms with Crippen LogP contribution in [0.3, 0.4) is 0 Å². The molecule has 0 bridgehead atoms. The average molecular weight is 259 g/mol. The van der Waals surface area contributed by atoms with Gasteiger partial charge in [0.2, 0.25) is 5.78 Å². The van der Waals surface area contributed by atoms with E-state index in [2.05, 4.69) is 4.98 Å². The second kappa shape index (κ2) is 5.18. The fourth-order valence-corrected chi connectivity index (χ4v) is 1.89. The number of ketones is 1. The zero-order chi connectivity index (χ0) is 14.0. The first kappa shape index (κ1) is 13.2. The molecule has 1 aromatic carbocycles. The van der Waals surface area contributed by atoms with Gasteiger partial charge in [0.25, 0.3) is 0 Å². The summed E-state index contributed by atoms with van der Waals surface area (Å²) in [4.78, 5) is 16.3. The second-order valence-electron chi connectivity index (χ2n) is 4.35. The SMILES string of the molecule is COc1ccc(C(=O)c2ncc(C)cc2C)c(F)c1. The topological polar surface area (TPSA) is 39.2 Å². The molecule has 19 heavy (non-hydrogen) atoms. The first-order chi connectivity index (χ1) is 9.02. The highest BCUT2D eigenvalue weighted by molar-refractivity contribution is 6.08. The predicted octanol–water partition coefficient (Wildman–Crippen LogP) is 3.08. The third-order valence-electron chi connectivity index (χ3n) is 2.85. The van der Waals surface area contributed by atoms with Gasteiger partial charge in [0.1, 0.15) is 17.3 Å². The van der Waals surface area contributed by atoms with Gasteiger partial charge < -0.3 is 4.74 Å². The summed E-state index contributed by atoms with van der Waals surface area (Å²) in [5, 5.41) is 0. The van der Waals surface area contributed by atoms with Gasteiger partial charge in [-0.3, -0.25) is 9.78 Å². The largest absolute Gasteiger partial charge is 0.497 e.